The SMILES string of the molecule is F[B-](F)(F)F.F[B-](F)(F)F.c1ccc(-c2cc(-c3ccccc3)[o+]c(-c3ccc(-c4cc(-c5ccccc5)cc(-c5ccccc5)[o+]4)s3)c2)cc1. The van der Waals surface area contributed by atoms with Crippen LogP contribution in [0.3, 0.4) is 0 Å². The maximum absolute atomic E-state index is 9.75. The molecule has 2 nitrogen and oxygen atoms in total. The molecule has 13 heteroatoms. The van der Waals surface area contributed by atoms with E-state index in [1.807, 2.05) is 48.5 Å². The molecule has 0 atom stereocenters. The second-order valence-electron chi connectivity index (χ2n) is 10.8. The van der Waals surface area contributed by atoms with E-state index in [1.54, 1.807) is 11.3 Å². The Balaban J connectivity index is 0.000000447. The third kappa shape index (κ3) is 11.5. The van der Waals surface area contributed by atoms with E-state index in [2.05, 4.69) is 109 Å². The van der Waals surface area contributed by atoms with Crippen molar-refractivity contribution in [2.45, 2.75) is 0 Å². The van der Waals surface area contributed by atoms with E-state index in [4.69, 9.17) is 8.83 Å². The van der Waals surface area contributed by atoms with Crippen LogP contribution in [0.25, 0.3) is 66.2 Å². The van der Waals surface area contributed by atoms with Gasteiger partial charge in [-0.25, -0.2) is 8.83 Å². The molecular formula is C38H26B2F8O2S. The van der Waals surface area contributed by atoms with Gasteiger partial charge in [0.15, 0.2) is 0 Å². The molecule has 0 unspecified atom stereocenters. The predicted molar refractivity (Wildman–Crippen MR) is 191 cm³/mol. The highest BCUT2D eigenvalue weighted by molar-refractivity contribution is 7.18. The van der Waals surface area contributed by atoms with E-state index in [-0.39, 0.29) is 0 Å². The van der Waals surface area contributed by atoms with Crippen molar-refractivity contribution < 1.29 is 43.4 Å². The molecule has 0 saturated heterocycles. The molecule has 0 aliphatic rings. The fourth-order valence-electron chi connectivity index (χ4n) is 4.93. The predicted octanol–water partition coefficient (Wildman–Crippen LogP) is 14.1. The van der Waals surface area contributed by atoms with Crippen molar-refractivity contribution in [3.05, 3.63) is 158 Å². The lowest BCUT2D eigenvalue weighted by atomic mass is 10.0. The van der Waals surface area contributed by atoms with Gasteiger partial charge in [-0.1, -0.05) is 97.1 Å². The summed E-state index contributed by atoms with van der Waals surface area (Å²) in [6.45, 7) is 0. The number of halogens is 8. The van der Waals surface area contributed by atoms with Crippen molar-refractivity contribution in [2.75, 3.05) is 0 Å². The van der Waals surface area contributed by atoms with Crippen LogP contribution in [0.2, 0.25) is 0 Å². The van der Waals surface area contributed by atoms with Gasteiger partial charge in [-0.15, -0.1) is 11.3 Å². The van der Waals surface area contributed by atoms with Gasteiger partial charge in [0.05, 0.1) is 35.4 Å². The van der Waals surface area contributed by atoms with Crippen molar-refractivity contribution in [3.63, 3.8) is 0 Å². The van der Waals surface area contributed by atoms with E-state index in [0.717, 1.165) is 66.2 Å². The van der Waals surface area contributed by atoms with Crippen molar-refractivity contribution >= 4 is 25.8 Å². The van der Waals surface area contributed by atoms with Gasteiger partial charge < -0.3 is 34.5 Å². The zero-order chi connectivity index (χ0) is 36.4. The number of hydrogen-bond acceptors (Lipinski definition) is 1. The molecule has 0 spiro atoms. The summed E-state index contributed by atoms with van der Waals surface area (Å²) >= 11 is 1.67. The summed E-state index contributed by atoms with van der Waals surface area (Å²) in [5.74, 6) is 3.31. The molecule has 4 aromatic carbocycles. The number of thiophene rings is 1. The lowest BCUT2D eigenvalue weighted by Crippen LogP contribution is -2.02. The summed E-state index contributed by atoms with van der Waals surface area (Å²) in [6, 6.07) is 54.1. The Morgan fingerprint density at radius 2 is 0.569 bits per heavy atom. The monoisotopic (exact) mass is 720 g/mol. The average Bonchev–Trinajstić information content (AvgIpc) is 3.62. The van der Waals surface area contributed by atoms with Gasteiger partial charge in [0, 0.05) is 11.1 Å². The van der Waals surface area contributed by atoms with Crippen LogP contribution in [-0.4, -0.2) is 14.5 Å². The second-order valence-corrected chi connectivity index (χ2v) is 11.9. The molecule has 0 radical (unpaired) electrons. The molecule has 7 aromatic rings. The smallest absolute Gasteiger partial charge is 0.418 e. The first-order valence-corrected chi connectivity index (χ1v) is 16.1. The van der Waals surface area contributed by atoms with Crippen LogP contribution < -0.4 is 0 Å². The van der Waals surface area contributed by atoms with Gasteiger partial charge in [-0.3, -0.25) is 0 Å². The quantitative estimate of drug-likeness (QED) is 0.0970. The third-order valence-corrected chi connectivity index (χ3v) is 8.12. The van der Waals surface area contributed by atoms with Gasteiger partial charge in [-0.05, 0) is 47.5 Å². The summed E-state index contributed by atoms with van der Waals surface area (Å²) < 4.78 is 91.1. The Morgan fingerprint density at radius 1 is 0.314 bits per heavy atom. The highest BCUT2D eigenvalue weighted by Gasteiger charge is 2.26. The number of hydrogen-bond donors (Lipinski definition) is 0. The van der Waals surface area contributed by atoms with E-state index in [1.165, 1.54) is 0 Å². The molecule has 258 valence electrons. The van der Waals surface area contributed by atoms with Gasteiger partial charge in [0.1, 0.15) is 9.75 Å². The standard InChI is InChI=1S/C38H26O2S.2BF4/c1-5-13-27(14-6-1)31-23-33(29-17-9-3-10-18-29)39-35(25-31)37-21-22-38(41-37)36-26-32(28-15-7-2-8-16-28)24-34(40-36)30-19-11-4-12-20-30;2*2-1(3,4)5/h1-26H;;/q+2;2*-1. The summed E-state index contributed by atoms with van der Waals surface area (Å²) in [4.78, 5) is 2.08. The molecule has 7 rings (SSSR count). The molecule has 3 aromatic heterocycles. The lowest BCUT2D eigenvalue weighted by molar-refractivity contribution is 0.366. The minimum absolute atomic E-state index is 0.823. The summed E-state index contributed by atoms with van der Waals surface area (Å²) in [7, 11) is -12.0. The molecule has 0 aliphatic carbocycles. The van der Waals surface area contributed by atoms with Crippen LogP contribution in [0.1, 0.15) is 0 Å². The fraction of sp³-hybridized carbons (Fsp3) is 0. The Kier molecular flexibility index (Phi) is 11.8. The lowest BCUT2D eigenvalue weighted by Gasteiger charge is -2.01. The number of rotatable bonds is 6. The highest BCUT2D eigenvalue weighted by atomic mass is 32.1. The maximum Gasteiger partial charge on any atom is 0.673 e. The van der Waals surface area contributed by atoms with Crippen LogP contribution in [0.4, 0.5) is 34.5 Å². The summed E-state index contributed by atoms with van der Waals surface area (Å²) in [6.07, 6.45) is 0. The van der Waals surface area contributed by atoms with E-state index >= 15 is 0 Å². The van der Waals surface area contributed by atoms with Crippen LogP contribution >= 0.6 is 11.3 Å². The van der Waals surface area contributed by atoms with Gasteiger partial charge >= 0.3 is 37.5 Å². The number of benzene rings is 4. The van der Waals surface area contributed by atoms with Crippen LogP contribution in [0, 0.1) is 0 Å². The average molecular weight is 720 g/mol. The Morgan fingerprint density at radius 3 is 0.863 bits per heavy atom. The molecule has 0 amide bonds. The van der Waals surface area contributed by atoms with Gasteiger partial charge in [-0.2, -0.15) is 0 Å². The first-order valence-electron chi connectivity index (χ1n) is 15.3. The summed E-state index contributed by atoms with van der Waals surface area (Å²) in [5, 5.41) is 0. The zero-order valence-electron chi connectivity index (χ0n) is 26.4. The molecule has 0 N–H and O–H groups in total. The van der Waals surface area contributed by atoms with Gasteiger partial charge in [0.2, 0.25) is 0 Å². The van der Waals surface area contributed by atoms with Gasteiger partial charge in [0.25, 0.3) is 0 Å². The maximum atomic E-state index is 9.75. The van der Waals surface area contributed by atoms with Crippen molar-refractivity contribution in [1.82, 2.24) is 0 Å². The van der Waals surface area contributed by atoms with E-state index in [9.17, 15) is 34.5 Å². The van der Waals surface area contributed by atoms with Crippen LogP contribution in [0.5, 0.6) is 0 Å². The molecular weight excluding hydrogens is 694 g/mol. The minimum atomic E-state index is -6.00. The Bertz CT molecular complexity index is 1860. The summed E-state index contributed by atoms with van der Waals surface area (Å²) in [5.41, 5.74) is 6.61. The minimum Gasteiger partial charge on any atom is -0.418 e. The largest absolute Gasteiger partial charge is 0.673 e. The van der Waals surface area contributed by atoms with Crippen molar-refractivity contribution in [3.8, 4) is 66.2 Å². The topological polar surface area (TPSA) is 22.6 Å². The molecule has 0 aliphatic heterocycles. The van der Waals surface area contributed by atoms with E-state index < -0.39 is 14.5 Å². The molecule has 0 fully saturated rings. The molecule has 51 heavy (non-hydrogen) atoms. The Labute approximate surface area is 292 Å². The van der Waals surface area contributed by atoms with Crippen LogP contribution in [0.15, 0.2) is 167 Å². The molecule has 0 saturated carbocycles. The van der Waals surface area contributed by atoms with Crippen molar-refractivity contribution in [2.24, 2.45) is 0 Å². The van der Waals surface area contributed by atoms with Crippen molar-refractivity contribution in [1.29, 1.82) is 0 Å². The third-order valence-electron chi connectivity index (χ3n) is 7.01. The molecule has 3 heterocycles. The van der Waals surface area contributed by atoms with E-state index in [0.29, 0.717) is 0 Å². The van der Waals surface area contributed by atoms with Crippen LogP contribution in [-0.2, 0) is 0 Å². The second kappa shape index (κ2) is 16.4. The first-order chi connectivity index (χ1) is 24.3. The fourth-order valence-corrected chi connectivity index (χ4v) is 5.84. The molecule has 0 bridgehead atoms. The Hall–Kier alpha value is -5.55. The first kappa shape index (κ1) is 36.7. The normalized spacial score (nSPS) is 11.1. The highest BCUT2D eigenvalue weighted by Crippen LogP contribution is 2.41. The zero-order valence-corrected chi connectivity index (χ0v) is 27.2.